The Labute approximate surface area is 166 Å². The lowest BCUT2D eigenvalue weighted by Crippen LogP contribution is -2.17. The number of aromatic hydroxyl groups is 1. The lowest BCUT2D eigenvalue weighted by atomic mass is 9.78. The van der Waals surface area contributed by atoms with Crippen LogP contribution < -0.4 is 0 Å². The number of aromatic amines is 2. The molecule has 0 radical (unpaired) electrons. The van der Waals surface area contributed by atoms with Gasteiger partial charge in [0.2, 0.25) is 0 Å². The van der Waals surface area contributed by atoms with Crippen LogP contribution in [0.1, 0.15) is 52.7 Å². The number of H-pyrrole nitrogens is 2. The number of phenols is 1. The molecule has 3 N–H and O–H groups in total. The Morgan fingerprint density at radius 3 is 1.63 bits per heavy atom. The number of hydrogen-bond donors (Lipinski definition) is 3. The zero-order valence-electron chi connectivity index (χ0n) is 16.9. The second-order valence-electron chi connectivity index (χ2n) is 9.12. The molecule has 3 aromatic rings. The van der Waals surface area contributed by atoms with Gasteiger partial charge in [-0.3, -0.25) is 0 Å². The molecule has 0 unspecified atom stereocenters. The van der Waals surface area contributed by atoms with Gasteiger partial charge < -0.3 is 15.1 Å². The van der Waals surface area contributed by atoms with Crippen molar-refractivity contribution in [3.8, 4) is 28.3 Å². The number of benzene rings is 2. The number of nitrogens with one attached hydrogen (secondary N) is 2. The molecule has 0 bridgehead atoms. The minimum Gasteiger partial charge on any atom is -0.507 e. The first kappa shape index (κ1) is 19.4. The maximum Gasteiger partial charge on any atom is 0.175 e. The van der Waals surface area contributed by atoms with Gasteiger partial charge in [-0.15, -0.1) is 0 Å². The molecule has 1 heterocycles. The quantitative estimate of drug-likeness (QED) is 0.433. The fraction of sp³-hybridized carbons (Fsp3) is 0.348. The predicted molar refractivity (Wildman–Crippen MR) is 116 cm³/mol. The topological polar surface area (TPSA) is 51.8 Å². The Hall–Kier alpha value is -2.33. The van der Waals surface area contributed by atoms with E-state index in [1.807, 2.05) is 18.2 Å². The molecule has 0 spiro atoms. The number of imidazole rings is 1. The molecule has 0 saturated heterocycles. The fourth-order valence-electron chi connectivity index (χ4n) is 3.34. The van der Waals surface area contributed by atoms with E-state index in [-0.39, 0.29) is 10.8 Å². The summed E-state index contributed by atoms with van der Waals surface area (Å²) in [6, 6.07) is 14.3. The average molecular weight is 381 g/mol. The minimum absolute atomic E-state index is 0.180. The van der Waals surface area contributed by atoms with Gasteiger partial charge in [0.15, 0.2) is 4.77 Å². The Morgan fingerprint density at radius 2 is 1.19 bits per heavy atom. The van der Waals surface area contributed by atoms with Gasteiger partial charge in [0, 0.05) is 22.3 Å². The van der Waals surface area contributed by atoms with Crippen LogP contribution >= 0.6 is 12.2 Å². The van der Waals surface area contributed by atoms with Crippen LogP contribution in [0, 0.1) is 4.77 Å². The molecule has 1 aromatic heterocycles. The summed E-state index contributed by atoms with van der Waals surface area (Å²) < 4.78 is 0.589. The Morgan fingerprint density at radius 1 is 0.741 bits per heavy atom. The van der Waals surface area contributed by atoms with E-state index in [0.717, 1.165) is 33.6 Å². The molecule has 3 nitrogen and oxygen atoms in total. The number of phenolic OH excluding ortho intramolecular Hbond substituents is 1. The van der Waals surface area contributed by atoms with Crippen LogP contribution in [-0.2, 0) is 10.8 Å². The van der Waals surface area contributed by atoms with Gasteiger partial charge in [-0.2, -0.15) is 0 Å². The summed E-state index contributed by atoms with van der Waals surface area (Å²) in [6.45, 7) is 12.7. The van der Waals surface area contributed by atoms with Crippen LogP contribution in [-0.4, -0.2) is 15.1 Å². The van der Waals surface area contributed by atoms with E-state index in [1.165, 1.54) is 0 Å². The summed E-state index contributed by atoms with van der Waals surface area (Å²) >= 11 is 5.40. The third-order valence-electron chi connectivity index (χ3n) is 4.80. The van der Waals surface area contributed by atoms with Crippen LogP contribution in [0.5, 0.6) is 5.75 Å². The third kappa shape index (κ3) is 3.86. The van der Waals surface area contributed by atoms with Crippen molar-refractivity contribution in [1.82, 2.24) is 9.97 Å². The Kier molecular flexibility index (Phi) is 4.81. The molecule has 2 aromatic carbocycles. The van der Waals surface area contributed by atoms with Crippen molar-refractivity contribution in [3.05, 3.63) is 58.4 Å². The SMILES string of the molecule is CC(C)(C)c1cc(-c2[nH]c(=S)[nH]c2-c2ccccc2)cc(C(C)(C)C)c1O. The zero-order chi connectivity index (χ0) is 20.0. The van der Waals surface area contributed by atoms with Crippen LogP contribution in [0.2, 0.25) is 0 Å². The molecule has 0 saturated carbocycles. The summed E-state index contributed by atoms with van der Waals surface area (Å²) in [5.41, 5.74) is 5.51. The predicted octanol–water partition coefficient (Wildman–Crippen LogP) is 6.71. The highest BCUT2D eigenvalue weighted by Gasteiger charge is 2.27. The van der Waals surface area contributed by atoms with Crippen LogP contribution in [0.4, 0.5) is 0 Å². The van der Waals surface area contributed by atoms with Crippen molar-refractivity contribution in [2.45, 2.75) is 52.4 Å². The molecule has 0 aliphatic rings. The Balaban J connectivity index is 2.32. The summed E-state index contributed by atoms with van der Waals surface area (Å²) in [5, 5.41) is 11.0. The van der Waals surface area contributed by atoms with Crippen LogP contribution in [0.3, 0.4) is 0 Å². The number of aromatic nitrogens is 2. The van der Waals surface area contributed by atoms with Gasteiger partial charge >= 0.3 is 0 Å². The second-order valence-corrected chi connectivity index (χ2v) is 9.52. The number of hydrogen-bond acceptors (Lipinski definition) is 2. The summed E-state index contributed by atoms with van der Waals surface area (Å²) in [7, 11) is 0. The first-order valence-electron chi connectivity index (χ1n) is 9.24. The van der Waals surface area contributed by atoms with E-state index in [2.05, 4.69) is 75.8 Å². The monoisotopic (exact) mass is 380 g/mol. The second kappa shape index (κ2) is 6.68. The van der Waals surface area contributed by atoms with Crippen molar-refractivity contribution >= 4 is 12.2 Å². The van der Waals surface area contributed by atoms with Gasteiger partial charge in [-0.05, 0) is 35.2 Å². The maximum absolute atomic E-state index is 11.0. The van der Waals surface area contributed by atoms with E-state index in [4.69, 9.17) is 12.2 Å². The first-order chi connectivity index (χ1) is 12.5. The molecule has 0 aliphatic heterocycles. The lowest BCUT2D eigenvalue weighted by molar-refractivity contribution is 0.423. The van der Waals surface area contributed by atoms with Crippen molar-refractivity contribution in [1.29, 1.82) is 0 Å². The van der Waals surface area contributed by atoms with Gasteiger partial charge in [0.05, 0.1) is 11.4 Å². The van der Waals surface area contributed by atoms with E-state index in [0.29, 0.717) is 10.5 Å². The molecule has 0 amide bonds. The average Bonchev–Trinajstić information content (AvgIpc) is 2.95. The standard InChI is InChI=1S/C23H28N2OS/c1-22(2,3)16-12-15(13-17(20(16)26)23(4,5)6)19-18(24-21(27)25-19)14-10-8-7-9-11-14/h7-13,26H,1-6H3,(H2,24,25,27). The molecule has 0 aliphatic carbocycles. The van der Waals surface area contributed by atoms with E-state index >= 15 is 0 Å². The molecular formula is C23H28N2OS. The lowest BCUT2D eigenvalue weighted by Gasteiger charge is -2.28. The summed E-state index contributed by atoms with van der Waals surface area (Å²) in [6.07, 6.45) is 0. The van der Waals surface area contributed by atoms with Crippen molar-refractivity contribution in [2.75, 3.05) is 0 Å². The molecule has 4 heteroatoms. The smallest absolute Gasteiger partial charge is 0.175 e. The molecule has 0 atom stereocenters. The number of rotatable bonds is 2. The van der Waals surface area contributed by atoms with Crippen molar-refractivity contribution in [2.24, 2.45) is 0 Å². The molecule has 3 rings (SSSR count). The molecular weight excluding hydrogens is 352 g/mol. The summed E-state index contributed by atoms with van der Waals surface area (Å²) in [5.74, 6) is 0.383. The largest absolute Gasteiger partial charge is 0.507 e. The van der Waals surface area contributed by atoms with E-state index in [1.54, 1.807) is 0 Å². The summed E-state index contributed by atoms with van der Waals surface area (Å²) in [4.78, 5) is 6.60. The highest BCUT2D eigenvalue weighted by Crippen LogP contribution is 2.43. The highest BCUT2D eigenvalue weighted by molar-refractivity contribution is 7.71. The van der Waals surface area contributed by atoms with Crippen LogP contribution in [0.25, 0.3) is 22.5 Å². The fourth-order valence-corrected chi connectivity index (χ4v) is 3.55. The normalized spacial score (nSPS) is 12.4. The molecule has 27 heavy (non-hydrogen) atoms. The first-order valence-corrected chi connectivity index (χ1v) is 9.65. The van der Waals surface area contributed by atoms with Crippen LogP contribution in [0.15, 0.2) is 42.5 Å². The van der Waals surface area contributed by atoms with Gasteiger partial charge in [-0.1, -0.05) is 71.9 Å². The zero-order valence-corrected chi connectivity index (χ0v) is 17.7. The third-order valence-corrected chi connectivity index (χ3v) is 5.01. The van der Waals surface area contributed by atoms with Crippen molar-refractivity contribution in [3.63, 3.8) is 0 Å². The maximum atomic E-state index is 11.0. The van der Waals surface area contributed by atoms with Gasteiger partial charge in [0.25, 0.3) is 0 Å². The molecule has 0 fully saturated rings. The highest BCUT2D eigenvalue weighted by atomic mass is 32.1. The van der Waals surface area contributed by atoms with Crippen molar-refractivity contribution < 1.29 is 5.11 Å². The van der Waals surface area contributed by atoms with E-state index < -0.39 is 0 Å². The molecule has 142 valence electrons. The Bertz CT molecular complexity index is 980. The minimum atomic E-state index is -0.180. The van der Waals surface area contributed by atoms with Gasteiger partial charge in [0.1, 0.15) is 5.75 Å². The van der Waals surface area contributed by atoms with Gasteiger partial charge in [-0.25, -0.2) is 0 Å². The van der Waals surface area contributed by atoms with E-state index in [9.17, 15) is 5.11 Å².